The number of aromatic nitrogens is 1. The Morgan fingerprint density at radius 2 is 1.65 bits per heavy atom. The number of aryl methyl sites for hydroxylation is 1. The van der Waals surface area contributed by atoms with Crippen LogP contribution in [0.15, 0.2) is 60.8 Å². The summed E-state index contributed by atoms with van der Waals surface area (Å²) in [5.41, 5.74) is 3.52. The van der Waals surface area contributed by atoms with E-state index in [0.717, 1.165) is 11.3 Å². The van der Waals surface area contributed by atoms with Gasteiger partial charge in [-0.05, 0) is 29.3 Å². The van der Waals surface area contributed by atoms with Crippen LogP contribution in [0.1, 0.15) is 11.1 Å². The molecule has 26 heavy (non-hydrogen) atoms. The van der Waals surface area contributed by atoms with Gasteiger partial charge in [0.2, 0.25) is 5.52 Å². The molecule has 0 aliphatic carbocycles. The van der Waals surface area contributed by atoms with Crippen molar-refractivity contribution in [3.8, 4) is 5.75 Å². The Bertz CT molecular complexity index is 884. The van der Waals surface area contributed by atoms with Crippen LogP contribution in [0.2, 0.25) is 0 Å². The summed E-state index contributed by atoms with van der Waals surface area (Å²) in [6, 6.07) is 18.5. The molecule has 0 aliphatic heterocycles. The third-order valence-electron chi connectivity index (χ3n) is 4.32. The van der Waals surface area contributed by atoms with Crippen molar-refractivity contribution in [3.05, 3.63) is 71.9 Å². The van der Waals surface area contributed by atoms with Crippen molar-refractivity contribution in [3.63, 3.8) is 0 Å². The molecule has 1 aromatic heterocycles. The number of ether oxygens (including phenoxy) is 3. The highest BCUT2D eigenvalue weighted by molar-refractivity contribution is 5.88. The second-order valence-corrected chi connectivity index (χ2v) is 6.01. The van der Waals surface area contributed by atoms with Crippen LogP contribution in [-0.2, 0) is 16.5 Å². The van der Waals surface area contributed by atoms with Crippen molar-refractivity contribution in [2.75, 3.05) is 20.8 Å². The zero-order chi connectivity index (χ0) is 18.4. The maximum Gasteiger partial charge on any atom is 0.212 e. The molecule has 0 aliphatic rings. The summed E-state index contributed by atoms with van der Waals surface area (Å²) >= 11 is 0. The molecule has 0 saturated carbocycles. The van der Waals surface area contributed by atoms with E-state index in [9.17, 15) is 0 Å². The van der Waals surface area contributed by atoms with Crippen molar-refractivity contribution >= 4 is 23.1 Å². The lowest BCUT2D eigenvalue weighted by Gasteiger charge is -2.14. The van der Waals surface area contributed by atoms with Crippen LogP contribution >= 0.6 is 0 Å². The molecule has 0 bridgehead atoms. The molecule has 0 spiro atoms. The van der Waals surface area contributed by atoms with Crippen LogP contribution in [0, 0.1) is 0 Å². The van der Waals surface area contributed by atoms with Crippen LogP contribution < -0.4 is 9.30 Å². The van der Waals surface area contributed by atoms with Crippen molar-refractivity contribution in [2.45, 2.75) is 6.29 Å². The molecule has 0 unspecified atom stereocenters. The van der Waals surface area contributed by atoms with Crippen LogP contribution in [0.3, 0.4) is 0 Å². The standard InChI is InChI=1S/C22H24NO3/c1-23-15-14-18(20-6-4-5-7-21(20)23)11-8-17-9-12-19(13-10-17)26-16-22(24-2)25-3/h4-15,22H,16H2,1-3H3/q+1. The lowest BCUT2D eigenvalue weighted by molar-refractivity contribution is -0.644. The number of para-hydroxylation sites is 1. The maximum atomic E-state index is 5.66. The zero-order valence-electron chi connectivity index (χ0n) is 15.4. The van der Waals surface area contributed by atoms with Crippen LogP contribution in [0.25, 0.3) is 23.1 Å². The average molecular weight is 350 g/mol. The van der Waals surface area contributed by atoms with Gasteiger partial charge in [-0.3, -0.25) is 0 Å². The molecule has 1 heterocycles. The quantitative estimate of drug-likeness (QED) is 0.479. The minimum absolute atomic E-state index is 0.356. The van der Waals surface area contributed by atoms with Gasteiger partial charge in [-0.1, -0.05) is 36.4 Å². The van der Waals surface area contributed by atoms with Gasteiger partial charge >= 0.3 is 0 Å². The SMILES string of the molecule is COC(COc1ccc(C=Cc2cc[n+](C)c3ccccc23)cc1)OC. The molecule has 4 heteroatoms. The highest BCUT2D eigenvalue weighted by atomic mass is 16.7. The fraction of sp³-hybridized carbons (Fsp3) is 0.227. The zero-order valence-corrected chi connectivity index (χ0v) is 15.4. The smallest absolute Gasteiger partial charge is 0.212 e. The second kappa shape index (κ2) is 8.61. The Kier molecular flexibility index (Phi) is 6.00. The molecule has 0 atom stereocenters. The normalized spacial score (nSPS) is 11.5. The summed E-state index contributed by atoms with van der Waals surface area (Å²) in [4.78, 5) is 0. The first kappa shape index (κ1) is 18.1. The van der Waals surface area contributed by atoms with Gasteiger partial charge in [0.05, 0.1) is 5.39 Å². The third-order valence-corrected chi connectivity index (χ3v) is 4.32. The third kappa shape index (κ3) is 4.28. The molecule has 134 valence electrons. The van der Waals surface area contributed by atoms with E-state index >= 15 is 0 Å². The number of benzene rings is 2. The van der Waals surface area contributed by atoms with E-state index in [4.69, 9.17) is 14.2 Å². The van der Waals surface area contributed by atoms with Gasteiger partial charge in [0.25, 0.3) is 0 Å². The first-order valence-corrected chi connectivity index (χ1v) is 8.55. The summed E-state index contributed by atoms with van der Waals surface area (Å²) in [6.45, 7) is 0.356. The molecule has 3 rings (SSSR count). The number of methoxy groups -OCH3 is 2. The molecule has 0 saturated heterocycles. The van der Waals surface area contributed by atoms with Gasteiger partial charge in [0.15, 0.2) is 12.5 Å². The summed E-state index contributed by atoms with van der Waals surface area (Å²) in [7, 11) is 5.25. The minimum atomic E-state index is -0.359. The Morgan fingerprint density at radius 3 is 2.38 bits per heavy atom. The number of pyridine rings is 1. The lowest BCUT2D eigenvalue weighted by Crippen LogP contribution is -2.28. The summed E-state index contributed by atoms with van der Waals surface area (Å²) < 4.78 is 18.0. The predicted octanol–water partition coefficient (Wildman–Crippen LogP) is 3.83. The fourth-order valence-corrected chi connectivity index (χ4v) is 2.79. The molecule has 0 amide bonds. The Balaban J connectivity index is 1.72. The second-order valence-electron chi connectivity index (χ2n) is 6.01. The Labute approximate surface area is 154 Å². The molecular weight excluding hydrogens is 326 g/mol. The van der Waals surface area contributed by atoms with E-state index in [-0.39, 0.29) is 6.29 Å². The van der Waals surface area contributed by atoms with E-state index in [1.165, 1.54) is 16.5 Å². The predicted molar refractivity (Wildman–Crippen MR) is 104 cm³/mol. The van der Waals surface area contributed by atoms with Gasteiger partial charge in [0.1, 0.15) is 19.4 Å². The van der Waals surface area contributed by atoms with Gasteiger partial charge in [-0.2, -0.15) is 0 Å². The topological polar surface area (TPSA) is 31.6 Å². The van der Waals surface area contributed by atoms with Gasteiger partial charge in [-0.25, -0.2) is 4.57 Å². The molecule has 0 N–H and O–H groups in total. The van der Waals surface area contributed by atoms with Gasteiger partial charge < -0.3 is 14.2 Å². The number of hydrogen-bond donors (Lipinski definition) is 0. The van der Waals surface area contributed by atoms with Gasteiger partial charge in [0, 0.05) is 26.4 Å². The molecule has 4 nitrogen and oxygen atoms in total. The van der Waals surface area contributed by atoms with E-state index in [1.54, 1.807) is 14.2 Å². The summed E-state index contributed by atoms with van der Waals surface area (Å²) in [6.07, 6.45) is 5.98. The first-order chi connectivity index (χ1) is 12.7. The molecule has 3 aromatic rings. The van der Waals surface area contributed by atoms with Crippen molar-refractivity contribution in [1.82, 2.24) is 0 Å². The minimum Gasteiger partial charge on any atom is -0.488 e. The molecular formula is C22H24NO3+. The van der Waals surface area contributed by atoms with Crippen LogP contribution in [0.5, 0.6) is 5.75 Å². The number of hydrogen-bond acceptors (Lipinski definition) is 3. The van der Waals surface area contributed by atoms with Crippen LogP contribution in [0.4, 0.5) is 0 Å². The largest absolute Gasteiger partial charge is 0.488 e. The first-order valence-electron chi connectivity index (χ1n) is 8.55. The number of nitrogens with zero attached hydrogens (tertiary/aromatic N) is 1. The lowest BCUT2D eigenvalue weighted by atomic mass is 10.1. The van der Waals surface area contributed by atoms with E-state index in [0.29, 0.717) is 6.61 Å². The summed E-state index contributed by atoms with van der Waals surface area (Å²) in [5.74, 6) is 0.790. The monoisotopic (exact) mass is 350 g/mol. The number of rotatable bonds is 7. The van der Waals surface area contributed by atoms with Gasteiger partial charge in [-0.15, -0.1) is 0 Å². The molecule has 0 radical (unpaired) electrons. The average Bonchev–Trinajstić information content (AvgIpc) is 2.69. The Morgan fingerprint density at radius 1 is 0.923 bits per heavy atom. The highest BCUT2D eigenvalue weighted by Gasteiger charge is 2.07. The summed E-state index contributed by atoms with van der Waals surface area (Å²) in [5, 5.41) is 1.24. The van der Waals surface area contributed by atoms with Crippen molar-refractivity contribution in [2.24, 2.45) is 7.05 Å². The van der Waals surface area contributed by atoms with E-state index in [2.05, 4.69) is 60.3 Å². The van der Waals surface area contributed by atoms with Crippen LogP contribution in [-0.4, -0.2) is 27.1 Å². The number of fused-ring (bicyclic) bond motifs is 1. The Hall–Kier alpha value is -2.69. The van der Waals surface area contributed by atoms with E-state index in [1.807, 2.05) is 24.3 Å². The van der Waals surface area contributed by atoms with E-state index < -0.39 is 0 Å². The molecule has 2 aromatic carbocycles. The van der Waals surface area contributed by atoms with Crippen molar-refractivity contribution < 1.29 is 18.8 Å². The molecule has 0 fully saturated rings. The fourth-order valence-electron chi connectivity index (χ4n) is 2.79. The maximum absolute atomic E-state index is 5.66. The van der Waals surface area contributed by atoms with Crippen molar-refractivity contribution in [1.29, 1.82) is 0 Å². The highest BCUT2D eigenvalue weighted by Crippen LogP contribution is 2.19.